The first kappa shape index (κ1) is 15.4. The van der Waals surface area contributed by atoms with Crippen LogP contribution in [0.4, 0.5) is 15.0 Å². The summed E-state index contributed by atoms with van der Waals surface area (Å²) in [6.07, 6.45) is 0.975. The van der Waals surface area contributed by atoms with Gasteiger partial charge in [0.1, 0.15) is 11.1 Å². The van der Waals surface area contributed by atoms with Crippen LogP contribution < -0.4 is 5.32 Å². The number of aromatic nitrogens is 4. The molecule has 1 amide bonds. The molecule has 2 aromatic heterocycles. The molecule has 0 saturated carbocycles. The van der Waals surface area contributed by atoms with Crippen molar-refractivity contribution in [2.45, 2.75) is 38.8 Å². The lowest BCUT2D eigenvalue weighted by Crippen LogP contribution is -2.36. The largest absolute Gasteiger partial charge is 0.444 e. The fourth-order valence-electron chi connectivity index (χ4n) is 2.47. The van der Waals surface area contributed by atoms with Crippen LogP contribution in [-0.2, 0) is 4.74 Å². The average molecular weight is 322 g/mol. The van der Waals surface area contributed by atoms with Crippen molar-refractivity contribution >= 4 is 23.1 Å². The second-order valence-electron chi connectivity index (χ2n) is 6.50. The Hall–Kier alpha value is -2.45. The normalized spacial score (nSPS) is 18.4. The van der Waals surface area contributed by atoms with Crippen LogP contribution in [0.25, 0.3) is 11.2 Å². The van der Waals surface area contributed by atoms with Crippen LogP contribution in [0.15, 0.2) is 6.33 Å². The van der Waals surface area contributed by atoms with E-state index in [2.05, 4.69) is 25.3 Å². The average Bonchev–Trinajstić information content (AvgIpc) is 3.05. The van der Waals surface area contributed by atoms with E-state index in [1.165, 1.54) is 6.33 Å². The molecule has 8 nitrogen and oxygen atoms in total. The molecule has 0 spiro atoms. The molecule has 0 radical (unpaired) electrons. The summed E-state index contributed by atoms with van der Waals surface area (Å²) in [7, 11) is 0. The number of halogens is 1. The van der Waals surface area contributed by atoms with Crippen LogP contribution in [0.5, 0.6) is 0 Å². The lowest BCUT2D eigenvalue weighted by molar-refractivity contribution is 0.0293. The summed E-state index contributed by atoms with van der Waals surface area (Å²) in [5, 5.41) is 3.15. The summed E-state index contributed by atoms with van der Waals surface area (Å²) in [5.74, 6) is 0.348. The molecule has 1 atom stereocenters. The number of nitrogens with zero attached hydrogens (tertiary/aromatic N) is 4. The summed E-state index contributed by atoms with van der Waals surface area (Å²) >= 11 is 0. The van der Waals surface area contributed by atoms with Crippen molar-refractivity contribution in [2.24, 2.45) is 0 Å². The Bertz CT molecular complexity index is 726. The Morgan fingerprint density at radius 3 is 3.00 bits per heavy atom. The van der Waals surface area contributed by atoms with Crippen molar-refractivity contribution in [1.82, 2.24) is 24.8 Å². The quantitative estimate of drug-likeness (QED) is 0.820. The van der Waals surface area contributed by atoms with E-state index in [1.54, 1.807) is 4.90 Å². The Balaban J connectivity index is 1.68. The van der Waals surface area contributed by atoms with Crippen LogP contribution in [0.2, 0.25) is 0 Å². The molecule has 0 bridgehead atoms. The molecule has 3 heterocycles. The van der Waals surface area contributed by atoms with Crippen LogP contribution in [0.1, 0.15) is 27.2 Å². The van der Waals surface area contributed by atoms with Crippen molar-refractivity contribution in [3.05, 3.63) is 12.4 Å². The van der Waals surface area contributed by atoms with Gasteiger partial charge in [-0.05, 0) is 27.2 Å². The molecule has 1 saturated heterocycles. The fourth-order valence-corrected chi connectivity index (χ4v) is 2.47. The molecular weight excluding hydrogens is 303 g/mol. The zero-order chi connectivity index (χ0) is 16.6. The SMILES string of the molecule is CC(C)(C)OC(=O)N1CC[C@H](Nc2nc(F)nc3nc[nH]c23)C1. The minimum absolute atomic E-state index is 0.0386. The third kappa shape index (κ3) is 3.49. The van der Waals surface area contributed by atoms with Crippen LogP contribution in [-0.4, -0.2) is 55.7 Å². The van der Waals surface area contributed by atoms with E-state index in [0.717, 1.165) is 6.42 Å². The molecule has 124 valence electrons. The molecule has 2 aromatic rings. The molecule has 0 aliphatic carbocycles. The van der Waals surface area contributed by atoms with E-state index in [4.69, 9.17) is 4.74 Å². The van der Waals surface area contributed by atoms with E-state index >= 15 is 0 Å². The lowest BCUT2D eigenvalue weighted by atomic mass is 10.2. The molecule has 1 fully saturated rings. The standard InChI is InChI=1S/C14H19FN6O2/c1-14(2,3)23-13(22)21-5-4-8(6-21)18-11-9-10(17-7-16-9)19-12(15)20-11/h7-8H,4-6H2,1-3H3,(H2,16,17,18,19,20)/t8-/m0/s1. The number of ether oxygens (including phenoxy) is 1. The van der Waals surface area contributed by atoms with Crippen molar-refractivity contribution in [2.75, 3.05) is 18.4 Å². The monoisotopic (exact) mass is 322 g/mol. The zero-order valence-electron chi connectivity index (χ0n) is 13.3. The predicted molar refractivity (Wildman–Crippen MR) is 81.5 cm³/mol. The number of likely N-dealkylation sites (tertiary alicyclic amines) is 1. The summed E-state index contributed by atoms with van der Waals surface area (Å²) in [5.41, 5.74) is 0.282. The summed E-state index contributed by atoms with van der Waals surface area (Å²) in [6.45, 7) is 6.53. The third-order valence-corrected chi connectivity index (χ3v) is 3.44. The van der Waals surface area contributed by atoms with Gasteiger partial charge >= 0.3 is 12.2 Å². The lowest BCUT2D eigenvalue weighted by Gasteiger charge is -2.24. The van der Waals surface area contributed by atoms with E-state index in [-0.39, 0.29) is 17.8 Å². The second-order valence-corrected chi connectivity index (χ2v) is 6.50. The molecule has 1 aliphatic heterocycles. The van der Waals surface area contributed by atoms with Gasteiger partial charge in [-0.2, -0.15) is 14.4 Å². The van der Waals surface area contributed by atoms with Gasteiger partial charge < -0.3 is 19.9 Å². The number of imidazole rings is 1. The van der Waals surface area contributed by atoms with E-state index in [0.29, 0.717) is 24.4 Å². The minimum atomic E-state index is -0.839. The highest BCUT2D eigenvalue weighted by atomic mass is 19.1. The number of H-pyrrole nitrogens is 1. The summed E-state index contributed by atoms with van der Waals surface area (Å²) < 4.78 is 18.8. The Kier molecular flexibility index (Phi) is 3.78. The van der Waals surface area contributed by atoms with Gasteiger partial charge in [-0.1, -0.05) is 0 Å². The number of carbonyl (C=O) groups is 1. The molecule has 0 unspecified atom stereocenters. The number of hydrogen-bond donors (Lipinski definition) is 2. The van der Waals surface area contributed by atoms with Gasteiger partial charge in [0, 0.05) is 19.1 Å². The number of anilines is 1. The number of aromatic amines is 1. The highest BCUT2D eigenvalue weighted by Crippen LogP contribution is 2.21. The highest BCUT2D eigenvalue weighted by Gasteiger charge is 2.30. The Labute approximate surface area is 132 Å². The second kappa shape index (κ2) is 5.64. The first-order valence-corrected chi connectivity index (χ1v) is 7.43. The fraction of sp³-hybridized carbons (Fsp3) is 0.571. The van der Waals surface area contributed by atoms with Crippen molar-refractivity contribution in [1.29, 1.82) is 0 Å². The first-order valence-electron chi connectivity index (χ1n) is 7.43. The van der Waals surface area contributed by atoms with Gasteiger partial charge in [-0.25, -0.2) is 9.78 Å². The summed E-state index contributed by atoms with van der Waals surface area (Å²) in [4.78, 5) is 27.9. The molecule has 23 heavy (non-hydrogen) atoms. The third-order valence-electron chi connectivity index (χ3n) is 3.44. The summed E-state index contributed by atoms with van der Waals surface area (Å²) in [6, 6.07) is -0.0386. The molecule has 2 N–H and O–H groups in total. The van der Waals surface area contributed by atoms with Gasteiger partial charge in [0.2, 0.25) is 0 Å². The Morgan fingerprint density at radius 1 is 1.48 bits per heavy atom. The van der Waals surface area contributed by atoms with Gasteiger partial charge in [-0.15, -0.1) is 0 Å². The number of hydrogen-bond acceptors (Lipinski definition) is 6. The Morgan fingerprint density at radius 2 is 2.26 bits per heavy atom. The van der Waals surface area contributed by atoms with Crippen molar-refractivity contribution < 1.29 is 13.9 Å². The van der Waals surface area contributed by atoms with Crippen molar-refractivity contribution in [3.8, 4) is 0 Å². The molecule has 0 aromatic carbocycles. The predicted octanol–water partition coefficient (Wildman–Crippen LogP) is 1.91. The highest BCUT2D eigenvalue weighted by molar-refractivity contribution is 5.82. The van der Waals surface area contributed by atoms with Gasteiger partial charge in [-0.3, -0.25) is 0 Å². The topological polar surface area (TPSA) is 96.0 Å². The zero-order valence-corrected chi connectivity index (χ0v) is 13.3. The number of amides is 1. The molecule has 1 aliphatic rings. The van der Waals surface area contributed by atoms with Crippen molar-refractivity contribution in [3.63, 3.8) is 0 Å². The minimum Gasteiger partial charge on any atom is -0.444 e. The number of fused-ring (bicyclic) bond motifs is 1. The maximum Gasteiger partial charge on any atom is 0.410 e. The van der Waals surface area contributed by atoms with Gasteiger partial charge in [0.15, 0.2) is 11.5 Å². The smallest absolute Gasteiger partial charge is 0.410 e. The first-order chi connectivity index (χ1) is 10.8. The van der Waals surface area contributed by atoms with Gasteiger partial charge in [0.25, 0.3) is 0 Å². The van der Waals surface area contributed by atoms with Crippen LogP contribution >= 0.6 is 0 Å². The van der Waals surface area contributed by atoms with E-state index in [1.807, 2.05) is 20.8 Å². The van der Waals surface area contributed by atoms with E-state index in [9.17, 15) is 9.18 Å². The maximum absolute atomic E-state index is 13.4. The van der Waals surface area contributed by atoms with Crippen LogP contribution in [0.3, 0.4) is 0 Å². The number of nitrogens with one attached hydrogen (secondary N) is 2. The molecule has 9 heteroatoms. The van der Waals surface area contributed by atoms with Crippen LogP contribution in [0, 0.1) is 6.08 Å². The molecular formula is C14H19FN6O2. The maximum atomic E-state index is 13.4. The van der Waals surface area contributed by atoms with Gasteiger partial charge in [0.05, 0.1) is 6.33 Å². The van der Waals surface area contributed by atoms with E-state index < -0.39 is 11.7 Å². The number of rotatable bonds is 2. The number of carbonyl (C=O) groups excluding carboxylic acids is 1. The molecule has 3 rings (SSSR count).